The third-order valence-electron chi connectivity index (χ3n) is 6.93. The molecule has 2 aromatic heterocycles. The van der Waals surface area contributed by atoms with Crippen molar-refractivity contribution in [3.05, 3.63) is 72.8 Å². The predicted molar refractivity (Wildman–Crippen MR) is 136 cm³/mol. The lowest BCUT2D eigenvalue weighted by atomic mass is 9.77. The van der Waals surface area contributed by atoms with Gasteiger partial charge < -0.3 is 9.31 Å². The molecular weight excluding hydrogens is 413 g/mol. The molecule has 1 saturated heterocycles. The predicted octanol–water partition coefficient (Wildman–Crippen LogP) is 6.57. The Morgan fingerprint density at radius 3 is 2.16 bits per heavy atom. The number of fused-ring (bicyclic) bond motifs is 5. The Morgan fingerprint density at radius 2 is 1.41 bits per heavy atom. The zero-order valence-electron chi connectivity index (χ0n) is 18.7. The van der Waals surface area contributed by atoms with Crippen molar-refractivity contribution in [2.24, 2.45) is 0 Å². The first kappa shape index (κ1) is 19.9. The average Bonchev–Trinajstić information content (AvgIpc) is 3.27. The van der Waals surface area contributed by atoms with E-state index in [9.17, 15) is 0 Å². The molecule has 3 nitrogen and oxygen atoms in total. The zero-order chi connectivity index (χ0) is 22.1. The standard InChI is InChI=1S/C27H24BNO2S/c1-26(2)27(3,4)31-28(30-26)20-15-10-14-19-22-18-13-8-9-16-21(18)32-25(22)23(29-24(19)20)17-11-6-5-7-12-17/h5-16H,1-4H3. The van der Waals surface area contributed by atoms with Crippen LogP contribution in [0.25, 0.3) is 42.3 Å². The Labute approximate surface area is 192 Å². The van der Waals surface area contributed by atoms with Gasteiger partial charge in [0.1, 0.15) is 0 Å². The van der Waals surface area contributed by atoms with Crippen molar-refractivity contribution in [3.8, 4) is 11.3 Å². The molecule has 6 rings (SSSR count). The van der Waals surface area contributed by atoms with Gasteiger partial charge in [-0.15, -0.1) is 11.3 Å². The summed E-state index contributed by atoms with van der Waals surface area (Å²) in [7, 11) is -0.456. The summed E-state index contributed by atoms with van der Waals surface area (Å²) in [5.41, 5.74) is 3.26. The summed E-state index contributed by atoms with van der Waals surface area (Å²) in [5.74, 6) is 0. The van der Waals surface area contributed by atoms with E-state index in [1.807, 2.05) is 17.4 Å². The van der Waals surface area contributed by atoms with Crippen LogP contribution in [-0.2, 0) is 9.31 Å². The van der Waals surface area contributed by atoms with Crippen LogP contribution >= 0.6 is 11.3 Å². The van der Waals surface area contributed by atoms with Gasteiger partial charge in [0.15, 0.2) is 0 Å². The highest BCUT2D eigenvalue weighted by molar-refractivity contribution is 7.26. The molecule has 3 aromatic carbocycles. The van der Waals surface area contributed by atoms with Crippen LogP contribution in [0.2, 0.25) is 0 Å². The Kier molecular flexibility index (Phi) is 4.29. The fourth-order valence-corrected chi connectivity index (χ4v) is 5.71. The number of pyridine rings is 1. The summed E-state index contributed by atoms with van der Waals surface area (Å²) < 4.78 is 15.3. The Balaban J connectivity index is 1.71. The number of thiophene rings is 1. The molecule has 5 aromatic rings. The highest BCUT2D eigenvalue weighted by Crippen LogP contribution is 2.43. The minimum absolute atomic E-state index is 0.402. The van der Waals surface area contributed by atoms with Gasteiger partial charge in [-0.1, -0.05) is 66.7 Å². The summed E-state index contributed by atoms with van der Waals surface area (Å²) in [5, 5.41) is 3.67. The topological polar surface area (TPSA) is 31.4 Å². The zero-order valence-corrected chi connectivity index (χ0v) is 19.5. The number of aromatic nitrogens is 1. The van der Waals surface area contributed by atoms with Crippen LogP contribution < -0.4 is 5.46 Å². The lowest BCUT2D eigenvalue weighted by Crippen LogP contribution is -2.41. The second-order valence-electron chi connectivity index (χ2n) is 9.46. The summed E-state index contributed by atoms with van der Waals surface area (Å²) in [6.07, 6.45) is 0. The average molecular weight is 437 g/mol. The molecule has 3 heterocycles. The molecule has 1 aliphatic rings. The summed E-state index contributed by atoms with van der Waals surface area (Å²) >= 11 is 1.81. The van der Waals surface area contributed by atoms with Crippen molar-refractivity contribution < 1.29 is 9.31 Å². The third kappa shape index (κ3) is 2.85. The number of hydrogen-bond donors (Lipinski definition) is 0. The van der Waals surface area contributed by atoms with Gasteiger partial charge in [0, 0.05) is 31.9 Å². The first-order valence-electron chi connectivity index (χ1n) is 11.0. The van der Waals surface area contributed by atoms with E-state index in [1.165, 1.54) is 20.2 Å². The molecule has 1 fully saturated rings. The normalized spacial score (nSPS) is 17.6. The van der Waals surface area contributed by atoms with Crippen molar-refractivity contribution in [1.29, 1.82) is 0 Å². The van der Waals surface area contributed by atoms with Gasteiger partial charge in [-0.25, -0.2) is 4.98 Å². The van der Waals surface area contributed by atoms with Crippen molar-refractivity contribution in [2.45, 2.75) is 38.9 Å². The van der Waals surface area contributed by atoms with Crippen LogP contribution in [0.5, 0.6) is 0 Å². The van der Waals surface area contributed by atoms with Crippen LogP contribution in [0, 0.1) is 0 Å². The van der Waals surface area contributed by atoms with Gasteiger partial charge in [-0.05, 0) is 33.8 Å². The van der Waals surface area contributed by atoms with Crippen LogP contribution in [0.1, 0.15) is 27.7 Å². The fourth-order valence-electron chi connectivity index (χ4n) is 4.48. The second kappa shape index (κ2) is 6.88. The van der Waals surface area contributed by atoms with Crippen molar-refractivity contribution in [1.82, 2.24) is 4.98 Å². The molecular formula is C27H24BNO2S. The van der Waals surface area contributed by atoms with Gasteiger partial charge in [-0.2, -0.15) is 0 Å². The Bertz CT molecular complexity index is 1470. The van der Waals surface area contributed by atoms with E-state index in [4.69, 9.17) is 14.3 Å². The molecule has 0 unspecified atom stereocenters. The van der Waals surface area contributed by atoms with Crippen LogP contribution in [0.4, 0.5) is 0 Å². The van der Waals surface area contributed by atoms with Crippen LogP contribution in [0.3, 0.4) is 0 Å². The first-order chi connectivity index (χ1) is 15.4. The maximum absolute atomic E-state index is 6.43. The van der Waals surface area contributed by atoms with E-state index in [1.54, 1.807) is 0 Å². The van der Waals surface area contributed by atoms with Gasteiger partial charge in [-0.3, -0.25) is 0 Å². The molecule has 0 saturated carbocycles. The molecule has 32 heavy (non-hydrogen) atoms. The van der Waals surface area contributed by atoms with E-state index in [2.05, 4.69) is 94.4 Å². The smallest absolute Gasteiger partial charge is 0.399 e. The maximum Gasteiger partial charge on any atom is 0.497 e. The molecule has 5 heteroatoms. The molecule has 0 N–H and O–H groups in total. The highest BCUT2D eigenvalue weighted by atomic mass is 32.1. The molecule has 1 aliphatic heterocycles. The van der Waals surface area contributed by atoms with Crippen LogP contribution in [0.15, 0.2) is 72.8 Å². The lowest BCUT2D eigenvalue weighted by molar-refractivity contribution is 0.00578. The lowest BCUT2D eigenvalue weighted by Gasteiger charge is -2.32. The number of para-hydroxylation sites is 1. The van der Waals surface area contributed by atoms with E-state index in [-0.39, 0.29) is 0 Å². The number of nitrogens with zero attached hydrogens (tertiary/aromatic N) is 1. The van der Waals surface area contributed by atoms with E-state index in [0.717, 1.165) is 27.6 Å². The highest BCUT2D eigenvalue weighted by Gasteiger charge is 2.52. The number of hydrogen-bond acceptors (Lipinski definition) is 4. The first-order valence-corrected chi connectivity index (χ1v) is 11.8. The Hall–Kier alpha value is -2.73. The summed E-state index contributed by atoms with van der Waals surface area (Å²) in [4.78, 5) is 5.26. The monoisotopic (exact) mass is 437 g/mol. The third-order valence-corrected chi connectivity index (χ3v) is 8.10. The number of rotatable bonds is 2. The summed E-state index contributed by atoms with van der Waals surface area (Å²) in [6.45, 7) is 8.36. The Morgan fingerprint density at radius 1 is 0.750 bits per heavy atom. The number of benzene rings is 3. The largest absolute Gasteiger partial charge is 0.497 e. The fraction of sp³-hybridized carbons (Fsp3) is 0.222. The van der Waals surface area contributed by atoms with Gasteiger partial charge in [0.2, 0.25) is 0 Å². The molecule has 0 aliphatic carbocycles. The maximum atomic E-state index is 6.43. The van der Waals surface area contributed by atoms with E-state index in [0.29, 0.717) is 0 Å². The van der Waals surface area contributed by atoms with Gasteiger partial charge >= 0.3 is 7.12 Å². The minimum atomic E-state index is -0.456. The van der Waals surface area contributed by atoms with E-state index < -0.39 is 18.3 Å². The quantitative estimate of drug-likeness (QED) is 0.293. The van der Waals surface area contributed by atoms with Crippen molar-refractivity contribution in [2.75, 3.05) is 0 Å². The van der Waals surface area contributed by atoms with Gasteiger partial charge in [0.05, 0.1) is 27.1 Å². The summed E-state index contributed by atoms with van der Waals surface area (Å²) in [6, 6.07) is 25.4. The second-order valence-corrected chi connectivity index (χ2v) is 10.5. The molecule has 0 atom stereocenters. The molecule has 0 spiro atoms. The van der Waals surface area contributed by atoms with Gasteiger partial charge in [0.25, 0.3) is 0 Å². The molecule has 0 radical (unpaired) electrons. The SMILES string of the molecule is CC1(C)OB(c2cccc3c2nc(-c2ccccc2)c2sc4ccccc4c23)OC1(C)C. The van der Waals surface area contributed by atoms with Crippen LogP contribution in [-0.4, -0.2) is 23.3 Å². The minimum Gasteiger partial charge on any atom is -0.399 e. The molecule has 158 valence electrons. The van der Waals surface area contributed by atoms with Crippen molar-refractivity contribution >= 4 is 55.0 Å². The molecule has 0 amide bonds. The van der Waals surface area contributed by atoms with Crippen molar-refractivity contribution in [3.63, 3.8) is 0 Å². The van der Waals surface area contributed by atoms with E-state index >= 15 is 0 Å². The molecule has 0 bridgehead atoms.